The van der Waals surface area contributed by atoms with E-state index < -0.39 is 0 Å². The van der Waals surface area contributed by atoms with Crippen molar-refractivity contribution in [2.24, 2.45) is 5.10 Å². The molecule has 0 bridgehead atoms. The minimum Gasteiger partial charge on any atom is -0.266 e. The van der Waals surface area contributed by atoms with Crippen LogP contribution < -0.4 is 5.56 Å². The predicted molar refractivity (Wildman–Crippen MR) is 72.2 cm³/mol. The number of rotatable bonds is 2. The van der Waals surface area contributed by atoms with Gasteiger partial charge in [-0.25, -0.2) is 4.68 Å². The second-order valence-corrected chi connectivity index (χ2v) is 4.65. The summed E-state index contributed by atoms with van der Waals surface area (Å²) in [6, 6.07) is 5.61. The fraction of sp³-hybridized carbons (Fsp3) is 0.154. The van der Waals surface area contributed by atoms with Crippen LogP contribution in [0.4, 0.5) is 0 Å². The van der Waals surface area contributed by atoms with E-state index in [0.29, 0.717) is 11.3 Å². The standard InChI is InChI=1S/C13H11N3OS/c1-9-5-10(2)16(13(17)12(9)6-14)15-7-11-3-4-18-8-11/h3-5,7-8H,1-2H3/b15-7-. The zero-order valence-corrected chi connectivity index (χ0v) is 10.9. The van der Waals surface area contributed by atoms with Crippen molar-refractivity contribution < 1.29 is 0 Å². The van der Waals surface area contributed by atoms with Gasteiger partial charge in [-0.15, -0.1) is 0 Å². The number of nitriles is 1. The molecular formula is C13H11N3OS. The van der Waals surface area contributed by atoms with Gasteiger partial charge in [0.15, 0.2) is 0 Å². The Labute approximate surface area is 108 Å². The molecule has 0 saturated carbocycles. The normalized spacial score (nSPS) is 10.7. The van der Waals surface area contributed by atoms with Gasteiger partial charge in [0.25, 0.3) is 5.56 Å². The molecule has 0 aliphatic carbocycles. The molecular weight excluding hydrogens is 246 g/mol. The maximum absolute atomic E-state index is 12.0. The molecule has 0 aromatic carbocycles. The fourth-order valence-electron chi connectivity index (χ4n) is 1.63. The lowest BCUT2D eigenvalue weighted by atomic mass is 10.1. The SMILES string of the molecule is Cc1cc(C)n(/N=C\c2ccsc2)c(=O)c1C#N. The van der Waals surface area contributed by atoms with Crippen molar-refractivity contribution in [2.75, 3.05) is 0 Å². The second-order valence-electron chi connectivity index (χ2n) is 3.87. The van der Waals surface area contributed by atoms with E-state index in [-0.39, 0.29) is 11.1 Å². The van der Waals surface area contributed by atoms with Gasteiger partial charge in [-0.2, -0.15) is 21.7 Å². The van der Waals surface area contributed by atoms with E-state index in [2.05, 4.69) is 5.10 Å². The van der Waals surface area contributed by atoms with Gasteiger partial charge in [0.05, 0.1) is 6.21 Å². The molecule has 0 radical (unpaired) electrons. The van der Waals surface area contributed by atoms with Gasteiger partial charge >= 0.3 is 0 Å². The van der Waals surface area contributed by atoms with Crippen LogP contribution in [-0.4, -0.2) is 10.9 Å². The summed E-state index contributed by atoms with van der Waals surface area (Å²) in [5.74, 6) is 0. The monoisotopic (exact) mass is 257 g/mol. The lowest BCUT2D eigenvalue weighted by molar-refractivity contribution is 0.787. The van der Waals surface area contributed by atoms with Gasteiger partial charge in [0.1, 0.15) is 11.6 Å². The fourth-order valence-corrected chi connectivity index (χ4v) is 2.24. The van der Waals surface area contributed by atoms with Crippen LogP contribution in [0.25, 0.3) is 0 Å². The number of hydrogen-bond donors (Lipinski definition) is 0. The molecule has 18 heavy (non-hydrogen) atoms. The first kappa shape index (κ1) is 12.3. The Bertz CT molecular complexity index is 690. The summed E-state index contributed by atoms with van der Waals surface area (Å²) in [6.07, 6.45) is 1.61. The highest BCUT2D eigenvalue weighted by Gasteiger charge is 2.08. The van der Waals surface area contributed by atoms with Gasteiger partial charge in [-0.1, -0.05) is 0 Å². The quantitative estimate of drug-likeness (QED) is 0.775. The van der Waals surface area contributed by atoms with E-state index in [1.165, 1.54) is 4.68 Å². The Morgan fingerprint density at radius 3 is 2.89 bits per heavy atom. The van der Waals surface area contributed by atoms with Gasteiger partial charge < -0.3 is 0 Å². The number of thiophene rings is 1. The number of aromatic nitrogens is 1. The van der Waals surface area contributed by atoms with E-state index in [0.717, 1.165) is 5.56 Å². The Balaban J connectivity index is 2.53. The van der Waals surface area contributed by atoms with Crippen LogP contribution in [0.3, 0.4) is 0 Å². The third kappa shape index (κ3) is 2.24. The molecule has 4 nitrogen and oxygen atoms in total. The largest absolute Gasteiger partial charge is 0.289 e. The van der Waals surface area contributed by atoms with Crippen LogP contribution in [0.15, 0.2) is 32.8 Å². The average Bonchev–Trinajstić information content (AvgIpc) is 2.81. The summed E-state index contributed by atoms with van der Waals surface area (Å²) >= 11 is 1.56. The summed E-state index contributed by atoms with van der Waals surface area (Å²) in [4.78, 5) is 12.0. The van der Waals surface area contributed by atoms with Crippen molar-refractivity contribution in [2.45, 2.75) is 13.8 Å². The molecule has 90 valence electrons. The third-order valence-corrected chi connectivity index (χ3v) is 3.24. The Morgan fingerprint density at radius 1 is 1.50 bits per heavy atom. The highest BCUT2D eigenvalue weighted by atomic mass is 32.1. The van der Waals surface area contributed by atoms with Crippen LogP contribution in [-0.2, 0) is 0 Å². The van der Waals surface area contributed by atoms with Crippen LogP contribution >= 0.6 is 11.3 Å². The molecule has 2 aromatic heterocycles. The first-order chi connectivity index (χ1) is 8.63. The summed E-state index contributed by atoms with van der Waals surface area (Å²) < 4.78 is 1.25. The van der Waals surface area contributed by atoms with Gasteiger partial charge in [0.2, 0.25) is 0 Å². The molecule has 2 rings (SSSR count). The molecule has 0 N–H and O–H groups in total. The predicted octanol–water partition coefficient (Wildman–Crippen LogP) is 2.28. The van der Waals surface area contributed by atoms with E-state index in [1.807, 2.05) is 22.9 Å². The topological polar surface area (TPSA) is 58.1 Å². The molecule has 0 aliphatic heterocycles. The van der Waals surface area contributed by atoms with Gasteiger partial charge in [-0.3, -0.25) is 4.79 Å². The van der Waals surface area contributed by atoms with Crippen molar-refractivity contribution in [3.05, 3.63) is 55.6 Å². The van der Waals surface area contributed by atoms with Crippen molar-refractivity contribution in [1.29, 1.82) is 5.26 Å². The van der Waals surface area contributed by atoms with Gasteiger partial charge in [-0.05, 0) is 42.3 Å². The Kier molecular flexibility index (Phi) is 3.40. The van der Waals surface area contributed by atoms with Crippen LogP contribution in [0, 0.1) is 25.2 Å². The van der Waals surface area contributed by atoms with Gasteiger partial charge in [0, 0.05) is 11.3 Å². The Hall–Kier alpha value is -2.19. The molecule has 0 fully saturated rings. The zero-order valence-electron chi connectivity index (χ0n) is 10.0. The van der Waals surface area contributed by atoms with Crippen molar-refractivity contribution in [3.8, 4) is 6.07 Å². The minimum absolute atomic E-state index is 0.142. The number of aryl methyl sites for hydroxylation is 2. The molecule has 2 heterocycles. The number of hydrogen-bond acceptors (Lipinski definition) is 4. The molecule has 0 spiro atoms. The average molecular weight is 257 g/mol. The molecule has 5 heteroatoms. The first-order valence-electron chi connectivity index (χ1n) is 5.33. The van der Waals surface area contributed by atoms with Crippen molar-refractivity contribution >= 4 is 17.6 Å². The summed E-state index contributed by atoms with van der Waals surface area (Å²) in [7, 11) is 0. The van der Waals surface area contributed by atoms with E-state index in [9.17, 15) is 4.79 Å². The molecule has 0 saturated heterocycles. The Morgan fingerprint density at radius 2 is 2.28 bits per heavy atom. The minimum atomic E-state index is -0.374. The number of pyridine rings is 1. The molecule has 0 atom stereocenters. The highest BCUT2D eigenvalue weighted by Crippen LogP contribution is 2.06. The second kappa shape index (κ2) is 4.98. The molecule has 0 aliphatic rings. The lowest BCUT2D eigenvalue weighted by Gasteiger charge is -2.05. The maximum Gasteiger partial charge on any atom is 0.289 e. The lowest BCUT2D eigenvalue weighted by Crippen LogP contribution is -2.22. The zero-order chi connectivity index (χ0) is 13.1. The van der Waals surface area contributed by atoms with Crippen molar-refractivity contribution in [3.63, 3.8) is 0 Å². The summed E-state index contributed by atoms with van der Waals surface area (Å²) in [5, 5.41) is 17.0. The molecule has 0 amide bonds. The third-order valence-electron chi connectivity index (χ3n) is 2.54. The van der Waals surface area contributed by atoms with Crippen molar-refractivity contribution in [1.82, 2.24) is 4.68 Å². The maximum atomic E-state index is 12.0. The van der Waals surface area contributed by atoms with E-state index in [1.54, 1.807) is 37.5 Å². The summed E-state index contributed by atoms with van der Waals surface area (Å²) in [5.41, 5.74) is 2.10. The van der Waals surface area contributed by atoms with Crippen LogP contribution in [0.5, 0.6) is 0 Å². The van der Waals surface area contributed by atoms with E-state index >= 15 is 0 Å². The number of nitrogens with zero attached hydrogens (tertiary/aromatic N) is 3. The molecule has 0 unspecified atom stereocenters. The highest BCUT2D eigenvalue weighted by molar-refractivity contribution is 7.08. The van der Waals surface area contributed by atoms with E-state index in [4.69, 9.17) is 5.26 Å². The van der Waals surface area contributed by atoms with Crippen LogP contribution in [0.2, 0.25) is 0 Å². The summed E-state index contributed by atoms with van der Waals surface area (Å²) in [6.45, 7) is 3.54. The first-order valence-corrected chi connectivity index (χ1v) is 6.27. The molecule has 2 aromatic rings. The van der Waals surface area contributed by atoms with Crippen LogP contribution in [0.1, 0.15) is 22.4 Å². The smallest absolute Gasteiger partial charge is 0.266 e.